The molecule has 2 N–H and O–H groups in total. The highest BCUT2D eigenvalue weighted by molar-refractivity contribution is 6.33. The number of hydrogen-bond donors (Lipinski definition) is 2. The van der Waals surface area contributed by atoms with Crippen LogP contribution < -0.4 is 10.6 Å². The summed E-state index contributed by atoms with van der Waals surface area (Å²) >= 11 is 5.95. The number of halogens is 1. The molecule has 1 aromatic carbocycles. The van der Waals surface area contributed by atoms with Crippen molar-refractivity contribution in [3.05, 3.63) is 29.3 Å². The molecule has 1 amide bonds. The average Bonchev–Trinajstić information content (AvgIpc) is 2.26. The monoisotopic (exact) mass is 226 g/mol. The molecule has 0 atom stereocenters. The van der Waals surface area contributed by atoms with E-state index >= 15 is 0 Å². The molecule has 0 spiro atoms. The quantitative estimate of drug-likeness (QED) is 0.757. The largest absolute Gasteiger partial charge is 0.384 e. The van der Waals surface area contributed by atoms with Crippen LogP contribution in [0.4, 0.5) is 5.69 Å². The molecule has 3 nitrogen and oxygen atoms in total. The van der Waals surface area contributed by atoms with E-state index in [9.17, 15) is 4.79 Å². The van der Waals surface area contributed by atoms with Crippen molar-refractivity contribution in [1.29, 1.82) is 0 Å². The Morgan fingerprint density at radius 1 is 1.40 bits per heavy atom. The van der Waals surface area contributed by atoms with Gasteiger partial charge in [0.05, 0.1) is 10.7 Å². The van der Waals surface area contributed by atoms with E-state index in [1.54, 1.807) is 7.05 Å². The van der Waals surface area contributed by atoms with Crippen LogP contribution in [0.2, 0.25) is 5.02 Å². The molecule has 0 aliphatic carbocycles. The maximum absolute atomic E-state index is 10.9. The van der Waals surface area contributed by atoms with Crippen molar-refractivity contribution in [2.75, 3.05) is 18.9 Å². The van der Waals surface area contributed by atoms with Crippen molar-refractivity contribution in [1.82, 2.24) is 5.32 Å². The number of carbonyl (C=O) groups is 1. The second-order valence-electron chi connectivity index (χ2n) is 3.18. The SMILES string of the molecule is CNC(=O)CCCNc1ccccc1Cl. The van der Waals surface area contributed by atoms with Gasteiger partial charge in [0.2, 0.25) is 5.91 Å². The molecule has 0 saturated heterocycles. The van der Waals surface area contributed by atoms with E-state index in [4.69, 9.17) is 11.6 Å². The molecule has 0 heterocycles. The van der Waals surface area contributed by atoms with Crippen LogP contribution >= 0.6 is 11.6 Å². The van der Waals surface area contributed by atoms with Crippen LogP contribution in [0.3, 0.4) is 0 Å². The molecule has 0 unspecified atom stereocenters. The van der Waals surface area contributed by atoms with Gasteiger partial charge in [-0.2, -0.15) is 0 Å². The van der Waals surface area contributed by atoms with Gasteiger partial charge in [0.25, 0.3) is 0 Å². The fraction of sp³-hybridized carbons (Fsp3) is 0.364. The van der Waals surface area contributed by atoms with Gasteiger partial charge in [-0.25, -0.2) is 0 Å². The molecule has 82 valence electrons. The zero-order valence-electron chi connectivity index (χ0n) is 8.72. The highest BCUT2D eigenvalue weighted by Gasteiger charge is 1.99. The minimum absolute atomic E-state index is 0.0657. The summed E-state index contributed by atoms with van der Waals surface area (Å²) in [5, 5.41) is 6.47. The summed E-state index contributed by atoms with van der Waals surface area (Å²) in [5.74, 6) is 0.0657. The lowest BCUT2D eigenvalue weighted by molar-refractivity contribution is -0.120. The first-order chi connectivity index (χ1) is 7.24. The second-order valence-corrected chi connectivity index (χ2v) is 3.59. The molecule has 4 heteroatoms. The van der Waals surface area contributed by atoms with Crippen molar-refractivity contribution in [3.63, 3.8) is 0 Å². The van der Waals surface area contributed by atoms with Crippen LogP contribution in [0.1, 0.15) is 12.8 Å². The number of nitrogens with one attached hydrogen (secondary N) is 2. The van der Waals surface area contributed by atoms with Crippen molar-refractivity contribution < 1.29 is 4.79 Å². The third-order valence-corrected chi connectivity index (χ3v) is 2.38. The summed E-state index contributed by atoms with van der Waals surface area (Å²) in [6.07, 6.45) is 1.33. The molecule has 0 aromatic heterocycles. The van der Waals surface area contributed by atoms with Gasteiger partial charge in [0.15, 0.2) is 0 Å². The molecule has 15 heavy (non-hydrogen) atoms. The highest BCUT2D eigenvalue weighted by Crippen LogP contribution is 2.20. The van der Waals surface area contributed by atoms with E-state index in [0.29, 0.717) is 11.4 Å². The summed E-state index contributed by atoms with van der Waals surface area (Å²) in [6.45, 7) is 0.747. The van der Waals surface area contributed by atoms with Crippen LogP contribution in [0.15, 0.2) is 24.3 Å². The molecule has 0 saturated carbocycles. The van der Waals surface area contributed by atoms with Gasteiger partial charge in [-0.15, -0.1) is 0 Å². The van der Waals surface area contributed by atoms with E-state index in [1.165, 1.54) is 0 Å². The average molecular weight is 227 g/mol. The third-order valence-electron chi connectivity index (χ3n) is 2.05. The highest BCUT2D eigenvalue weighted by atomic mass is 35.5. The van der Waals surface area contributed by atoms with Crippen LogP contribution in [-0.4, -0.2) is 19.5 Å². The molecule has 0 radical (unpaired) electrons. The first-order valence-electron chi connectivity index (χ1n) is 4.93. The van der Waals surface area contributed by atoms with E-state index in [0.717, 1.165) is 18.7 Å². The standard InChI is InChI=1S/C11H15ClN2O/c1-13-11(15)7-4-8-14-10-6-3-2-5-9(10)12/h2-3,5-6,14H,4,7-8H2,1H3,(H,13,15). The maximum Gasteiger partial charge on any atom is 0.219 e. The fourth-order valence-electron chi connectivity index (χ4n) is 1.20. The Morgan fingerprint density at radius 3 is 2.80 bits per heavy atom. The van der Waals surface area contributed by atoms with Gasteiger partial charge in [0, 0.05) is 20.0 Å². The number of rotatable bonds is 5. The third kappa shape index (κ3) is 4.21. The lowest BCUT2D eigenvalue weighted by atomic mass is 10.2. The van der Waals surface area contributed by atoms with Crippen LogP contribution in [0.25, 0.3) is 0 Å². The lowest BCUT2D eigenvalue weighted by Crippen LogP contribution is -2.18. The van der Waals surface area contributed by atoms with Gasteiger partial charge in [0.1, 0.15) is 0 Å². The van der Waals surface area contributed by atoms with Gasteiger partial charge >= 0.3 is 0 Å². The molecular weight excluding hydrogens is 212 g/mol. The number of benzene rings is 1. The van der Waals surface area contributed by atoms with Crippen molar-refractivity contribution >= 4 is 23.2 Å². The number of para-hydroxylation sites is 1. The summed E-state index contributed by atoms with van der Waals surface area (Å²) in [5.41, 5.74) is 0.913. The number of amides is 1. The van der Waals surface area contributed by atoms with Crippen LogP contribution in [-0.2, 0) is 4.79 Å². The minimum atomic E-state index is 0.0657. The molecule has 1 rings (SSSR count). The summed E-state index contributed by atoms with van der Waals surface area (Å²) < 4.78 is 0. The topological polar surface area (TPSA) is 41.1 Å². The number of carbonyl (C=O) groups excluding carboxylic acids is 1. The Labute approximate surface area is 94.8 Å². The summed E-state index contributed by atoms with van der Waals surface area (Å²) in [6, 6.07) is 7.57. The Bertz CT molecular complexity index is 328. The lowest BCUT2D eigenvalue weighted by Gasteiger charge is -2.07. The normalized spacial score (nSPS) is 9.73. The summed E-state index contributed by atoms with van der Waals surface area (Å²) in [7, 11) is 1.64. The molecule has 0 bridgehead atoms. The molecule has 0 aliphatic heterocycles. The summed E-state index contributed by atoms with van der Waals surface area (Å²) in [4.78, 5) is 10.9. The zero-order valence-corrected chi connectivity index (χ0v) is 9.47. The van der Waals surface area contributed by atoms with Crippen LogP contribution in [0.5, 0.6) is 0 Å². The van der Waals surface area contributed by atoms with E-state index in [1.807, 2.05) is 24.3 Å². The van der Waals surface area contributed by atoms with Gasteiger partial charge < -0.3 is 10.6 Å². The van der Waals surface area contributed by atoms with Crippen LogP contribution in [0, 0.1) is 0 Å². The Balaban J connectivity index is 2.26. The Morgan fingerprint density at radius 2 is 2.13 bits per heavy atom. The predicted octanol–water partition coefficient (Wildman–Crippen LogP) is 2.28. The number of hydrogen-bond acceptors (Lipinski definition) is 2. The molecule has 0 fully saturated rings. The predicted molar refractivity (Wildman–Crippen MR) is 63.2 cm³/mol. The van der Waals surface area contributed by atoms with Crippen molar-refractivity contribution in [2.45, 2.75) is 12.8 Å². The van der Waals surface area contributed by atoms with Crippen molar-refractivity contribution in [3.8, 4) is 0 Å². The van der Waals surface area contributed by atoms with Gasteiger partial charge in [-0.1, -0.05) is 23.7 Å². The smallest absolute Gasteiger partial charge is 0.219 e. The van der Waals surface area contributed by atoms with E-state index in [2.05, 4.69) is 10.6 Å². The number of anilines is 1. The minimum Gasteiger partial charge on any atom is -0.384 e. The van der Waals surface area contributed by atoms with Crippen molar-refractivity contribution in [2.24, 2.45) is 0 Å². The van der Waals surface area contributed by atoms with Gasteiger partial charge in [-0.05, 0) is 18.6 Å². The first kappa shape index (κ1) is 11.9. The Kier molecular flexibility index (Phi) is 4.98. The molecular formula is C11H15ClN2O. The second kappa shape index (κ2) is 6.30. The fourth-order valence-corrected chi connectivity index (χ4v) is 1.40. The van der Waals surface area contributed by atoms with E-state index in [-0.39, 0.29) is 5.91 Å². The maximum atomic E-state index is 10.9. The Hall–Kier alpha value is -1.22. The van der Waals surface area contributed by atoms with E-state index < -0.39 is 0 Å². The van der Waals surface area contributed by atoms with Gasteiger partial charge in [-0.3, -0.25) is 4.79 Å². The molecule has 0 aliphatic rings. The molecule has 1 aromatic rings. The zero-order chi connectivity index (χ0) is 11.1. The first-order valence-corrected chi connectivity index (χ1v) is 5.31.